The number of benzene rings is 1. The summed E-state index contributed by atoms with van der Waals surface area (Å²) in [5, 5.41) is 11.5. The summed E-state index contributed by atoms with van der Waals surface area (Å²) in [6, 6.07) is 14.5. The molecule has 1 heterocycles. The summed E-state index contributed by atoms with van der Waals surface area (Å²) in [7, 11) is 1.87. The van der Waals surface area contributed by atoms with Gasteiger partial charge in [-0.1, -0.05) is 6.07 Å². The van der Waals surface area contributed by atoms with Crippen LogP contribution in [0.25, 0.3) is 0 Å². The normalized spacial score (nSPS) is 10.1. The van der Waals surface area contributed by atoms with E-state index in [1.54, 1.807) is 30.5 Å². The first-order chi connectivity index (χ1) is 10.2. The van der Waals surface area contributed by atoms with Crippen LogP contribution in [0.5, 0.6) is 0 Å². The van der Waals surface area contributed by atoms with Crippen LogP contribution in [0.1, 0.15) is 11.3 Å². The van der Waals surface area contributed by atoms with E-state index in [-0.39, 0.29) is 12.5 Å². The highest BCUT2D eigenvalue weighted by atomic mass is 16.2. The largest absolute Gasteiger partial charge is 0.325 e. The van der Waals surface area contributed by atoms with Gasteiger partial charge in [-0.2, -0.15) is 5.26 Å². The number of pyridine rings is 1. The average Bonchev–Trinajstić information content (AvgIpc) is 2.48. The SMILES string of the molecule is CN(CC(=O)Nc1ccc(C#N)cc1)Cc1ccccn1. The topological polar surface area (TPSA) is 69.0 Å². The van der Waals surface area contributed by atoms with Gasteiger partial charge >= 0.3 is 0 Å². The molecule has 0 spiro atoms. The smallest absolute Gasteiger partial charge is 0.238 e. The van der Waals surface area contributed by atoms with Crippen molar-refractivity contribution in [2.45, 2.75) is 6.54 Å². The standard InChI is InChI=1S/C16H16N4O/c1-20(11-15-4-2-3-9-18-15)12-16(21)19-14-7-5-13(10-17)6-8-14/h2-9H,11-12H2,1H3,(H,19,21). The second-order valence-corrected chi connectivity index (χ2v) is 4.73. The van der Waals surface area contributed by atoms with Gasteiger partial charge in [-0.05, 0) is 43.4 Å². The van der Waals surface area contributed by atoms with Crippen LogP contribution in [0.15, 0.2) is 48.7 Å². The maximum Gasteiger partial charge on any atom is 0.238 e. The van der Waals surface area contributed by atoms with Gasteiger partial charge in [0.05, 0.1) is 23.9 Å². The summed E-state index contributed by atoms with van der Waals surface area (Å²) in [4.78, 5) is 18.0. The molecule has 1 amide bonds. The molecular weight excluding hydrogens is 264 g/mol. The minimum atomic E-state index is -0.0989. The monoisotopic (exact) mass is 280 g/mol. The van der Waals surface area contributed by atoms with Crippen LogP contribution < -0.4 is 5.32 Å². The first-order valence-electron chi connectivity index (χ1n) is 6.56. The van der Waals surface area contributed by atoms with E-state index in [4.69, 9.17) is 5.26 Å². The van der Waals surface area contributed by atoms with E-state index >= 15 is 0 Å². The van der Waals surface area contributed by atoms with E-state index in [1.165, 1.54) is 0 Å². The van der Waals surface area contributed by atoms with Gasteiger partial charge in [0.2, 0.25) is 5.91 Å². The molecule has 0 aliphatic carbocycles. The van der Waals surface area contributed by atoms with Crippen molar-refractivity contribution in [3.8, 4) is 6.07 Å². The number of aromatic nitrogens is 1. The van der Waals surface area contributed by atoms with Crippen LogP contribution in [0, 0.1) is 11.3 Å². The van der Waals surface area contributed by atoms with Gasteiger partial charge in [0.1, 0.15) is 0 Å². The molecule has 0 saturated carbocycles. The van der Waals surface area contributed by atoms with Gasteiger partial charge < -0.3 is 5.32 Å². The quantitative estimate of drug-likeness (QED) is 0.909. The summed E-state index contributed by atoms with van der Waals surface area (Å²) in [6.07, 6.45) is 1.74. The van der Waals surface area contributed by atoms with Crippen LogP contribution in [0.2, 0.25) is 0 Å². The zero-order chi connectivity index (χ0) is 15.1. The Kier molecular flexibility index (Phi) is 5.02. The Hall–Kier alpha value is -2.71. The van der Waals surface area contributed by atoms with Crippen LogP contribution >= 0.6 is 0 Å². The number of carbonyl (C=O) groups excluding carboxylic acids is 1. The Balaban J connectivity index is 1.85. The molecule has 106 valence electrons. The third-order valence-corrected chi connectivity index (χ3v) is 2.87. The first kappa shape index (κ1) is 14.7. The molecule has 5 nitrogen and oxygen atoms in total. The lowest BCUT2D eigenvalue weighted by Gasteiger charge is -2.15. The summed E-state index contributed by atoms with van der Waals surface area (Å²) < 4.78 is 0. The Morgan fingerprint density at radius 2 is 2.05 bits per heavy atom. The van der Waals surface area contributed by atoms with Crippen molar-refractivity contribution >= 4 is 11.6 Å². The predicted octanol–water partition coefficient (Wildman–Crippen LogP) is 2.02. The third-order valence-electron chi connectivity index (χ3n) is 2.87. The molecule has 1 aromatic heterocycles. The summed E-state index contributed by atoms with van der Waals surface area (Å²) in [5.41, 5.74) is 2.18. The molecule has 0 aliphatic rings. The molecule has 1 aromatic carbocycles. The predicted molar refractivity (Wildman–Crippen MR) is 80.4 cm³/mol. The lowest BCUT2D eigenvalue weighted by Crippen LogP contribution is -2.30. The van der Waals surface area contributed by atoms with E-state index in [0.717, 1.165) is 5.69 Å². The van der Waals surface area contributed by atoms with Gasteiger partial charge in [-0.25, -0.2) is 0 Å². The van der Waals surface area contributed by atoms with Gasteiger partial charge in [-0.3, -0.25) is 14.7 Å². The number of anilines is 1. The Bertz CT molecular complexity index is 632. The number of nitrogens with one attached hydrogen (secondary N) is 1. The number of nitrogens with zero attached hydrogens (tertiary/aromatic N) is 3. The van der Waals surface area contributed by atoms with E-state index in [1.807, 2.05) is 36.2 Å². The number of rotatable bonds is 5. The molecule has 2 rings (SSSR count). The van der Waals surface area contributed by atoms with Gasteiger partial charge in [0, 0.05) is 18.4 Å². The molecule has 0 saturated heterocycles. The lowest BCUT2D eigenvalue weighted by atomic mass is 10.2. The second-order valence-electron chi connectivity index (χ2n) is 4.73. The molecule has 2 aromatic rings. The fraction of sp³-hybridized carbons (Fsp3) is 0.188. The summed E-state index contributed by atoms with van der Waals surface area (Å²) in [5.74, 6) is -0.0989. The summed E-state index contributed by atoms with van der Waals surface area (Å²) in [6.45, 7) is 0.887. The Labute approximate surface area is 123 Å². The molecule has 0 bridgehead atoms. The molecule has 0 radical (unpaired) electrons. The highest BCUT2D eigenvalue weighted by Gasteiger charge is 2.08. The number of carbonyl (C=O) groups is 1. The van der Waals surface area contributed by atoms with Crippen molar-refractivity contribution in [3.05, 3.63) is 59.9 Å². The molecule has 0 atom stereocenters. The number of hydrogen-bond donors (Lipinski definition) is 1. The molecule has 0 fully saturated rings. The van der Waals surface area contributed by atoms with E-state index in [9.17, 15) is 4.79 Å². The molecule has 0 unspecified atom stereocenters. The maximum atomic E-state index is 11.9. The number of nitriles is 1. The highest BCUT2D eigenvalue weighted by Crippen LogP contribution is 2.08. The van der Waals surface area contributed by atoms with E-state index in [2.05, 4.69) is 10.3 Å². The molecule has 21 heavy (non-hydrogen) atoms. The Morgan fingerprint density at radius 3 is 2.67 bits per heavy atom. The number of likely N-dealkylation sites (N-methyl/N-ethyl adjacent to an activating group) is 1. The second kappa shape index (κ2) is 7.17. The van der Waals surface area contributed by atoms with Crippen molar-refractivity contribution in [3.63, 3.8) is 0 Å². The molecule has 5 heteroatoms. The van der Waals surface area contributed by atoms with Crippen LogP contribution in [-0.4, -0.2) is 29.4 Å². The van der Waals surface area contributed by atoms with E-state index < -0.39 is 0 Å². The van der Waals surface area contributed by atoms with Crippen LogP contribution in [-0.2, 0) is 11.3 Å². The van der Waals surface area contributed by atoms with Crippen molar-refractivity contribution in [1.29, 1.82) is 5.26 Å². The minimum absolute atomic E-state index is 0.0989. The van der Waals surface area contributed by atoms with Gasteiger partial charge in [0.25, 0.3) is 0 Å². The molecular formula is C16H16N4O. The fourth-order valence-corrected chi connectivity index (χ4v) is 1.90. The third kappa shape index (κ3) is 4.71. The van der Waals surface area contributed by atoms with Gasteiger partial charge in [-0.15, -0.1) is 0 Å². The average molecular weight is 280 g/mol. The Morgan fingerprint density at radius 1 is 1.29 bits per heavy atom. The van der Waals surface area contributed by atoms with Gasteiger partial charge in [0.15, 0.2) is 0 Å². The number of amides is 1. The first-order valence-corrected chi connectivity index (χ1v) is 6.56. The van der Waals surface area contributed by atoms with Crippen molar-refractivity contribution in [2.24, 2.45) is 0 Å². The van der Waals surface area contributed by atoms with Crippen LogP contribution in [0.4, 0.5) is 5.69 Å². The van der Waals surface area contributed by atoms with Crippen molar-refractivity contribution < 1.29 is 4.79 Å². The van der Waals surface area contributed by atoms with Crippen LogP contribution in [0.3, 0.4) is 0 Å². The summed E-state index contributed by atoms with van der Waals surface area (Å²) >= 11 is 0. The zero-order valence-corrected chi connectivity index (χ0v) is 11.8. The van der Waals surface area contributed by atoms with Crippen molar-refractivity contribution in [1.82, 2.24) is 9.88 Å². The molecule has 0 aliphatic heterocycles. The highest BCUT2D eigenvalue weighted by molar-refractivity contribution is 5.92. The minimum Gasteiger partial charge on any atom is -0.325 e. The maximum absolute atomic E-state index is 11.9. The molecule has 1 N–H and O–H groups in total. The lowest BCUT2D eigenvalue weighted by molar-refractivity contribution is -0.117. The van der Waals surface area contributed by atoms with Crippen molar-refractivity contribution in [2.75, 3.05) is 18.9 Å². The van der Waals surface area contributed by atoms with E-state index in [0.29, 0.717) is 17.8 Å². The fourth-order valence-electron chi connectivity index (χ4n) is 1.90. The number of hydrogen-bond acceptors (Lipinski definition) is 4. The zero-order valence-electron chi connectivity index (χ0n) is 11.8.